The Balaban J connectivity index is 1.82. The van der Waals surface area contributed by atoms with Crippen LogP contribution in [0.5, 0.6) is 0 Å². The Kier molecular flexibility index (Phi) is 5.56. The minimum absolute atomic E-state index is 0.230. The van der Waals surface area contributed by atoms with Crippen molar-refractivity contribution >= 4 is 23.3 Å². The molecular weight excluding hydrogens is 328 g/mol. The van der Waals surface area contributed by atoms with E-state index in [1.165, 1.54) is 12.8 Å². The fourth-order valence-electron chi connectivity index (χ4n) is 3.28. The van der Waals surface area contributed by atoms with Crippen LogP contribution in [0, 0.1) is 6.92 Å². The normalized spacial score (nSPS) is 14.6. The second-order valence-electron chi connectivity index (χ2n) is 6.76. The molecule has 0 bridgehead atoms. The summed E-state index contributed by atoms with van der Waals surface area (Å²) in [5.74, 6) is -1.22. The Morgan fingerprint density at radius 2 is 1.62 bits per heavy atom. The summed E-state index contributed by atoms with van der Waals surface area (Å²) in [5.41, 5.74) is 3.08. The molecule has 1 fully saturated rings. The van der Waals surface area contributed by atoms with E-state index in [0.717, 1.165) is 37.2 Å². The highest BCUT2D eigenvalue weighted by Gasteiger charge is 2.18. The van der Waals surface area contributed by atoms with Crippen molar-refractivity contribution in [2.75, 3.05) is 23.3 Å². The van der Waals surface area contributed by atoms with Gasteiger partial charge in [-0.15, -0.1) is 0 Å². The van der Waals surface area contributed by atoms with Crippen LogP contribution in [0.1, 0.15) is 52.0 Å². The van der Waals surface area contributed by atoms with E-state index in [1.54, 1.807) is 30.3 Å². The fraction of sp³-hybridized carbons (Fsp3) is 0.333. The van der Waals surface area contributed by atoms with E-state index in [4.69, 9.17) is 0 Å². The first kappa shape index (κ1) is 18.0. The number of nitrogens with one attached hydrogen (secondary N) is 1. The summed E-state index contributed by atoms with van der Waals surface area (Å²) in [6.07, 6.45) is 4.52. The van der Waals surface area contributed by atoms with Crippen molar-refractivity contribution < 1.29 is 14.7 Å². The Morgan fingerprint density at radius 1 is 0.962 bits per heavy atom. The maximum absolute atomic E-state index is 12.4. The van der Waals surface area contributed by atoms with E-state index in [0.29, 0.717) is 11.3 Å². The van der Waals surface area contributed by atoms with Crippen molar-refractivity contribution in [1.29, 1.82) is 0 Å². The summed E-state index contributed by atoms with van der Waals surface area (Å²) < 4.78 is 0. The van der Waals surface area contributed by atoms with E-state index >= 15 is 0 Å². The predicted octanol–water partition coefficient (Wildman–Crippen LogP) is 4.33. The molecule has 2 aromatic rings. The number of aryl methyl sites for hydroxylation is 1. The number of hydrogen-bond acceptors (Lipinski definition) is 3. The fourth-order valence-corrected chi connectivity index (χ4v) is 3.28. The van der Waals surface area contributed by atoms with Gasteiger partial charge < -0.3 is 15.3 Å². The molecule has 1 saturated heterocycles. The SMILES string of the molecule is Cc1ccc(C(=O)Nc2ccc(N3CCCCCC3)c(C(=O)O)c2)cc1. The highest BCUT2D eigenvalue weighted by Crippen LogP contribution is 2.27. The van der Waals surface area contributed by atoms with Crippen molar-refractivity contribution in [2.24, 2.45) is 0 Å². The predicted molar refractivity (Wildman–Crippen MR) is 103 cm³/mol. The molecule has 26 heavy (non-hydrogen) atoms. The summed E-state index contributed by atoms with van der Waals surface area (Å²) in [4.78, 5) is 26.3. The molecule has 2 aromatic carbocycles. The molecule has 1 amide bonds. The summed E-state index contributed by atoms with van der Waals surface area (Å²) in [5, 5.41) is 12.4. The molecule has 5 nitrogen and oxygen atoms in total. The molecular formula is C21H24N2O3. The lowest BCUT2D eigenvalue weighted by atomic mass is 10.1. The van der Waals surface area contributed by atoms with Crippen molar-refractivity contribution in [3.8, 4) is 0 Å². The molecule has 1 aliphatic rings. The van der Waals surface area contributed by atoms with Crippen LogP contribution in [0.15, 0.2) is 42.5 Å². The average Bonchev–Trinajstić information content (AvgIpc) is 2.91. The largest absolute Gasteiger partial charge is 0.478 e. The Labute approximate surface area is 153 Å². The number of benzene rings is 2. The van der Waals surface area contributed by atoms with Crippen molar-refractivity contribution in [2.45, 2.75) is 32.6 Å². The van der Waals surface area contributed by atoms with Gasteiger partial charge in [-0.2, -0.15) is 0 Å². The monoisotopic (exact) mass is 352 g/mol. The van der Waals surface area contributed by atoms with Gasteiger partial charge in [0.25, 0.3) is 5.91 Å². The lowest BCUT2D eigenvalue weighted by Gasteiger charge is -2.24. The van der Waals surface area contributed by atoms with E-state index in [-0.39, 0.29) is 11.5 Å². The number of hydrogen-bond donors (Lipinski definition) is 2. The molecule has 0 unspecified atom stereocenters. The van der Waals surface area contributed by atoms with Crippen molar-refractivity contribution in [3.05, 3.63) is 59.2 Å². The van der Waals surface area contributed by atoms with Gasteiger partial charge in [-0.3, -0.25) is 4.79 Å². The van der Waals surface area contributed by atoms with Crippen LogP contribution >= 0.6 is 0 Å². The number of nitrogens with zero attached hydrogens (tertiary/aromatic N) is 1. The van der Waals surface area contributed by atoms with Crippen LogP contribution in [0.2, 0.25) is 0 Å². The standard InChI is InChI=1S/C21H24N2O3/c1-15-6-8-16(9-7-15)20(24)22-17-10-11-19(18(14-17)21(25)26)23-12-4-2-3-5-13-23/h6-11,14H,2-5,12-13H2,1H3,(H,22,24)(H,25,26). The third-order valence-electron chi connectivity index (χ3n) is 4.75. The first-order valence-electron chi connectivity index (χ1n) is 9.05. The third kappa shape index (κ3) is 4.23. The summed E-state index contributed by atoms with van der Waals surface area (Å²) in [7, 11) is 0. The van der Waals surface area contributed by atoms with Crippen LogP contribution in [-0.4, -0.2) is 30.1 Å². The molecule has 2 N–H and O–H groups in total. The summed E-state index contributed by atoms with van der Waals surface area (Å²) >= 11 is 0. The minimum Gasteiger partial charge on any atom is -0.478 e. The van der Waals surface area contributed by atoms with Gasteiger partial charge in [0.05, 0.1) is 11.3 Å². The lowest BCUT2D eigenvalue weighted by Crippen LogP contribution is -2.26. The summed E-state index contributed by atoms with van der Waals surface area (Å²) in [6, 6.07) is 12.4. The average molecular weight is 352 g/mol. The van der Waals surface area contributed by atoms with E-state index in [1.807, 2.05) is 19.1 Å². The zero-order chi connectivity index (χ0) is 18.5. The number of carbonyl (C=O) groups excluding carboxylic acids is 1. The van der Waals surface area contributed by atoms with Crippen LogP contribution in [0.25, 0.3) is 0 Å². The Hall–Kier alpha value is -2.82. The first-order valence-corrected chi connectivity index (χ1v) is 9.05. The zero-order valence-corrected chi connectivity index (χ0v) is 15.0. The number of aromatic carboxylic acids is 1. The molecule has 5 heteroatoms. The second-order valence-corrected chi connectivity index (χ2v) is 6.76. The Morgan fingerprint density at radius 3 is 2.23 bits per heavy atom. The number of rotatable bonds is 4. The molecule has 3 rings (SSSR count). The number of amides is 1. The van der Waals surface area contributed by atoms with Gasteiger partial charge in [-0.1, -0.05) is 30.5 Å². The van der Waals surface area contributed by atoms with Crippen molar-refractivity contribution in [3.63, 3.8) is 0 Å². The molecule has 1 heterocycles. The molecule has 0 atom stereocenters. The van der Waals surface area contributed by atoms with Gasteiger partial charge in [0, 0.05) is 24.3 Å². The highest BCUT2D eigenvalue weighted by molar-refractivity contribution is 6.05. The quantitative estimate of drug-likeness (QED) is 0.859. The highest BCUT2D eigenvalue weighted by atomic mass is 16.4. The zero-order valence-electron chi connectivity index (χ0n) is 15.0. The van der Waals surface area contributed by atoms with Gasteiger partial charge in [-0.05, 0) is 50.1 Å². The van der Waals surface area contributed by atoms with E-state index < -0.39 is 5.97 Å². The molecule has 0 radical (unpaired) electrons. The smallest absolute Gasteiger partial charge is 0.337 e. The first-order chi connectivity index (χ1) is 12.5. The van der Waals surface area contributed by atoms with Crippen LogP contribution in [0.4, 0.5) is 11.4 Å². The molecule has 136 valence electrons. The summed E-state index contributed by atoms with van der Waals surface area (Å²) in [6.45, 7) is 3.70. The molecule has 1 aliphatic heterocycles. The maximum atomic E-state index is 12.4. The van der Waals surface area contributed by atoms with E-state index in [9.17, 15) is 14.7 Å². The topological polar surface area (TPSA) is 69.6 Å². The van der Waals surface area contributed by atoms with E-state index in [2.05, 4.69) is 10.2 Å². The van der Waals surface area contributed by atoms with Crippen LogP contribution < -0.4 is 10.2 Å². The molecule has 0 spiro atoms. The molecule has 0 saturated carbocycles. The number of carboxylic acid groups (broad SMARTS) is 1. The maximum Gasteiger partial charge on any atom is 0.337 e. The second kappa shape index (κ2) is 8.04. The third-order valence-corrected chi connectivity index (χ3v) is 4.75. The van der Waals surface area contributed by atoms with Gasteiger partial charge >= 0.3 is 5.97 Å². The number of carboxylic acids is 1. The van der Waals surface area contributed by atoms with Crippen LogP contribution in [0.3, 0.4) is 0 Å². The van der Waals surface area contributed by atoms with Gasteiger partial charge in [0.15, 0.2) is 0 Å². The Bertz CT molecular complexity index is 791. The van der Waals surface area contributed by atoms with Gasteiger partial charge in [0.1, 0.15) is 0 Å². The van der Waals surface area contributed by atoms with Gasteiger partial charge in [0.2, 0.25) is 0 Å². The van der Waals surface area contributed by atoms with Gasteiger partial charge in [-0.25, -0.2) is 4.79 Å². The lowest BCUT2D eigenvalue weighted by molar-refractivity contribution is 0.0697. The van der Waals surface area contributed by atoms with Crippen LogP contribution in [-0.2, 0) is 0 Å². The van der Waals surface area contributed by atoms with Crippen molar-refractivity contribution in [1.82, 2.24) is 0 Å². The molecule has 0 aliphatic carbocycles. The number of anilines is 2. The molecule has 0 aromatic heterocycles. The minimum atomic E-state index is -0.976. The number of carbonyl (C=O) groups is 2.